The molecule has 1 fully saturated rings. The molecule has 5 aromatic rings. The average Bonchev–Trinajstić information content (AvgIpc) is 3.38. The first-order valence-electron chi connectivity index (χ1n) is 13.3. The summed E-state index contributed by atoms with van der Waals surface area (Å²) >= 11 is 0. The molecular weight excluding hydrogens is 521 g/mol. The van der Waals surface area contributed by atoms with Gasteiger partial charge in [-0.3, -0.25) is 14.2 Å². The first-order chi connectivity index (χ1) is 19.9. The van der Waals surface area contributed by atoms with E-state index >= 15 is 0 Å². The van der Waals surface area contributed by atoms with Gasteiger partial charge in [0.1, 0.15) is 23.2 Å². The molecule has 41 heavy (non-hydrogen) atoms. The lowest BCUT2D eigenvalue weighted by atomic mass is 9.81. The molecule has 0 unspecified atom stereocenters. The Labute approximate surface area is 234 Å². The minimum Gasteiger partial charge on any atom is -0.382 e. The molecular formula is C31H26FN7O2. The second kappa shape index (κ2) is 10.4. The number of hydrogen-bond acceptors (Lipinski definition) is 6. The summed E-state index contributed by atoms with van der Waals surface area (Å²) in [5, 5.41) is 13.8. The molecule has 4 N–H and O–H groups in total. The molecule has 9 nitrogen and oxygen atoms in total. The van der Waals surface area contributed by atoms with Crippen LogP contribution in [0.3, 0.4) is 0 Å². The van der Waals surface area contributed by atoms with E-state index in [4.69, 9.17) is 11.5 Å². The summed E-state index contributed by atoms with van der Waals surface area (Å²) in [6.07, 6.45) is 6.47. The van der Waals surface area contributed by atoms with Gasteiger partial charge in [-0.05, 0) is 73.2 Å². The van der Waals surface area contributed by atoms with Gasteiger partial charge in [-0.1, -0.05) is 24.3 Å². The topological polar surface area (TPSA) is 145 Å². The summed E-state index contributed by atoms with van der Waals surface area (Å²) in [6.45, 7) is 0. The van der Waals surface area contributed by atoms with Crippen LogP contribution in [0.25, 0.3) is 33.5 Å². The zero-order valence-corrected chi connectivity index (χ0v) is 22.0. The number of benzene rings is 2. The third kappa shape index (κ3) is 4.61. The van der Waals surface area contributed by atoms with Crippen molar-refractivity contribution in [3.05, 3.63) is 101 Å². The first kappa shape index (κ1) is 26.0. The van der Waals surface area contributed by atoms with Gasteiger partial charge in [-0.25, -0.2) is 13.9 Å². The Morgan fingerprint density at radius 3 is 2.27 bits per heavy atom. The Morgan fingerprint density at radius 2 is 1.63 bits per heavy atom. The lowest BCUT2D eigenvalue weighted by Gasteiger charge is -2.24. The minimum atomic E-state index is -0.857. The van der Waals surface area contributed by atoms with Crippen LogP contribution in [-0.4, -0.2) is 25.1 Å². The number of aromatic nitrogens is 4. The first-order valence-corrected chi connectivity index (χ1v) is 13.3. The third-order valence-corrected chi connectivity index (χ3v) is 7.89. The van der Waals surface area contributed by atoms with Gasteiger partial charge in [-0.15, -0.1) is 0 Å². The van der Waals surface area contributed by atoms with Crippen LogP contribution in [0, 0.1) is 23.1 Å². The van der Waals surface area contributed by atoms with E-state index in [1.54, 1.807) is 6.07 Å². The van der Waals surface area contributed by atoms with Crippen LogP contribution in [0.4, 0.5) is 10.2 Å². The number of nitrogen functional groups attached to an aromatic ring is 1. The molecule has 1 aliphatic carbocycles. The molecule has 0 atom stereocenters. The van der Waals surface area contributed by atoms with Gasteiger partial charge in [0.15, 0.2) is 5.82 Å². The molecule has 0 aliphatic heterocycles. The fraction of sp³-hybridized carbons (Fsp3) is 0.194. The number of pyridine rings is 1. The van der Waals surface area contributed by atoms with E-state index in [1.165, 1.54) is 41.4 Å². The second-order valence-corrected chi connectivity index (χ2v) is 10.3. The number of hydrogen-bond donors (Lipinski definition) is 2. The van der Waals surface area contributed by atoms with Crippen molar-refractivity contribution >= 4 is 17.2 Å². The third-order valence-electron chi connectivity index (χ3n) is 7.89. The van der Waals surface area contributed by atoms with Gasteiger partial charge in [0.05, 0.1) is 6.07 Å². The summed E-state index contributed by atoms with van der Waals surface area (Å²) in [7, 11) is 0. The van der Waals surface area contributed by atoms with Gasteiger partial charge in [0.2, 0.25) is 0 Å². The number of halogens is 1. The predicted octanol–water partition coefficient (Wildman–Crippen LogP) is 4.83. The Bertz CT molecular complexity index is 1880. The number of carbonyl (C=O) groups is 1. The number of nitrogens with two attached hydrogens (primary N) is 2. The van der Waals surface area contributed by atoms with E-state index < -0.39 is 17.3 Å². The van der Waals surface area contributed by atoms with E-state index in [0.717, 1.165) is 42.5 Å². The molecule has 2 aromatic carbocycles. The molecule has 0 saturated heterocycles. The van der Waals surface area contributed by atoms with Crippen molar-refractivity contribution in [3.63, 3.8) is 0 Å². The van der Waals surface area contributed by atoms with Crippen molar-refractivity contribution in [2.75, 3.05) is 5.73 Å². The second-order valence-electron chi connectivity index (χ2n) is 10.3. The highest BCUT2D eigenvalue weighted by molar-refractivity contribution is 5.99. The standard InChI is InChI=1S/C31H26FN7O2/c32-22-9-11-23(12-10-22)38-14-13-24(27(30(35)40)31(38)41)19-5-7-20(8-6-19)25-15-26(21-3-1-18(16-33)2-4-21)39-28(25)29(34)36-17-37-39/h5-15,17-18,21H,1-4H2,(H2,35,40)(H2,34,36,37)/t18-,21-. The van der Waals surface area contributed by atoms with Crippen LogP contribution in [0.5, 0.6) is 0 Å². The number of fused-ring (bicyclic) bond motifs is 1. The van der Waals surface area contributed by atoms with Crippen molar-refractivity contribution in [2.24, 2.45) is 11.7 Å². The lowest BCUT2D eigenvalue weighted by molar-refractivity contribution is 0.0999. The van der Waals surface area contributed by atoms with Crippen molar-refractivity contribution in [1.29, 1.82) is 5.26 Å². The molecule has 1 amide bonds. The Hall–Kier alpha value is -5.30. The summed E-state index contributed by atoms with van der Waals surface area (Å²) in [4.78, 5) is 29.9. The Morgan fingerprint density at radius 1 is 0.976 bits per heavy atom. The van der Waals surface area contributed by atoms with E-state index in [2.05, 4.69) is 22.2 Å². The van der Waals surface area contributed by atoms with Crippen LogP contribution < -0.4 is 17.0 Å². The molecule has 3 aromatic heterocycles. The Balaban J connectivity index is 1.39. The van der Waals surface area contributed by atoms with Crippen LogP contribution in [0.2, 0.25) is 0 Å². The summed E-state index contributed by atoms with van der Waals surface area (Å²) in [6, 6.07) is 18.9. The summed E-state index contributed by atoms with van der Waals surface area (Å²) in [5.74, 6) is -0.593. The molecule has 1 saturated carbocycles. The van der Waals surface area contributed by atoms with E-state index in [-0.39, 0.29) is 17.4 Å². The number of carbonyl (C=O) groups excluding carboxylic acids is 1. The highest BCUT2D eigenvalue weighted by Crippen LogP contribution is 2.40. The van der Waals surface area contributed by atoms with Gasteiger partial charge >= 0.3 is 0 Å². The molecule has 10 heteroatoms. The maximum Gasteiger partial charge on any atom is 0.268 e. The largest absolute Gasteiger partial charge is 0.382 e. The number of anilines is 1. The summed E-state index contributed by atoms with van der Waals surface area (Å²) < 4.78 is 16.5. The lowest BCUT2D eigenvalue weighted by Crippen LogP contribution is -2.29. The minimum absolute atomic E-state index is 0.0901. The number of nitrogens with zero attached hydrogens (tertiary/aromatic N) is 5. The van der Waals surface area contributed by atoms with E-state index in [0.29, 0.717) is 28.1 Å². The van der Waals surface area contributed by atoms with Gasteiger partial charge in [0, 0.05) is 40.5 Å². The summed E-state index contributed by atoms with van der Waals surface area (Å²) in [5.41, 5.74) is 16.1. The van der Waals surface area contributed by atoms with Gasteiger partial charge < -0.3 is 11.5 Å². The van der Waals surface area contributed by atoms with Gasteiger partial charge in [0.25, 0.3) is 11.5 Å². The highest BCUT2D eigenvalue weighted by Gasteiger charge is 2.27. The quantitative estimate of drug-likeness (QED) is 0.322. The molecule has 0 radical (unpaired) electrons. The van der Waals surface area contributed by atoms with Crippen molar-refractivity contribution in [2.45, 2.75) is 31.6 Å². The molecule has 3 heterocycles. The number of nitriles is 1. The van der Waals surface area contributed by atoms with E-state index in [1.807, 2.05) is 28.8 Å². The average molecular weight is 548 g/mol. The van der Waals surface area contributed by atoms with E-state index in [9.17, 15) is 19.2 Å². The smallest absolute Gasteiger partial charge is 0.268 e. The Kier molecular flexibility index (Phi) is 6.55. The molecule has 0 bridgehead atoms. The highest BCUT2D eigenvalue weighted by atomic mass is 19.1. The van der Waals surface area contributed by atoms with Crippen LogP contribution in [-0.2, 0) is 0 Å². The number of primary amides is 1. The maximum absolute atomic E-state index is 13.4. The van der Waals surface area contributed by atoms with Gasteiger partial charge in [-0.2, -0.15) is 10.4 Å². The predicted molar refractivity (Wildman–Crippen MR) is 153 cm³/mol. The number of amides is 1. The SMILES string of the molecule is N#C[C@H]1CC[C@H](c2cc(-c3ccc(-c4ccn(-c5ccc(F)cc5)c(=O)c4C(N)=O)cc3)c3c(N)ncnn32)CC1. The zero-order chi connectivity index (χ0) is 28.7. The fourth-order valence-corrected chi connectivity index (χ4v) is 5.77. The zero-order valence-electron chi connectivity index (χ0n) is 22.0. The number of rotatable bonds is 5. The normalized spacial score (nSPS) is 16.9. The van der Waals surface area contributed by atoms with Crippen LogP contribution in [0.1, 0.15) is 47.7 Å². The van der Waals surface area contributed by atoms with Crippen molar-refractivity contribution in [3.8, 4) is 34.0 Å². The van der Waals surface area contributed by atoms with Crippen LogP contribution in [0.15, 0.2) is 78.0 Å². The molecule has 1 aliphatic rings. The van der Waals surface area contributed by atoms with Crippen molar-refractivity contribution in [1.82, 2.24) is 19.2 Å². The molecule has 0 spiro atoms. The van der Waals surface area contributed by atoms with Crippen molar-refractivity contribution < 1.29 is 9.18 Å². The fourth-order valence-electron chi connectivity index (χ4n) is 5.77. The maximum atomic E-state index is 13.4. The molecule has 6 rings (SSSR count). The molecule has 204 valence electrons. The van der Waals surface area contributed by atoms with Crippen LogP contribution >= 0.6 is 0 Å². The monoisotopic (exact) mass is 547 g/mol.